The van der Waals surface area contributed by atoms with E-state index in [1.54, 1.807) is 11.9 Å². The molecule has 0 atom stereocenters. The van der Waals surface area contributed by atoms with Gasteiger partial charge < -0.3 is 9.64 Å². The monoisotopic (exact) mass is 338 g/mol. The highest BCUT2D eigenvalue weighted by atomic mass is 32.1. The van der Waals surface area contributed by atoms with Crippen LogP contribution in [0.1, 0.15) is 20.4 Å². The fourth-order valence-electron chi connectivity index (χ4n) is 2.30. The van der Waals surface area contributed by atoms with Gasteiger partial charge >= 0.3 is 0 Å². The van der Waals surface area contributed by atoms with Crippen molar-refractivity contribution in [3.63, 3.8) is 0 Å². The molecule has 0 fully saturated rings. The summed E-state index contributed by atoms with van der Waals surface area (Å²) in [5, 5.41) is 0.793. The van der Waals surface area contributed by atoms with Crippen LogP contribution in [0.2, 0.25) is 0 Å². The largest absolute Gasteiger partial charge is 0.486 e. The van der Waals surface area contributed by atoms with Crippen molar-refractivity contribution < 1.29 is 9.53 Å². The molecule has 0 radical (unpaired) electrons. The highest BCUT2D eigenvalue weighted by molar-refractivity contribution is 7.13. The van der Waals surface area contributed by atoms with Gasteiger partial charge in [0, 0.05) is 12.7 Å². The summed E-state index contributed by atoms with van der Waals surface area (Å²) in [5.74, 6) is 0.738. The van der Waals surface area contributed by atoms with E-state index < -0.39 is 0 Å². The summed E-state index contributed by atoms with van der Waals surface area (Å²) >= 11 is 1.38. The van der Waals surface area contributed by atoms with Gasteiger partial charge in [-0.05, 0) is 31.2 Å². The minimum absolute atomic E-state index is 0.0536. The van der Waals surface area contributed by atoms with E-state index in [0.717, 1.165) is 22.1 Å². The zero-order valence-electron chi connectivity index (χ0n) is 13.6. The third-order valence-corrected chi connectivity index (χ3v) is 4.71. The summed E-state index contributed by atoms with van der Waals surface area (Å²) in [6, 6.07) is 19.2. The van der Waals surface area contributed by atoms with Crippen molar-refractivity contribution in [1.29, 1.82) is 0 Å². The van der Waals surface area contributed by atoms with Crippen molar-refractivity contribution in [3.05, 3.63) is 76.2 Å². The molecule has 2 aromatic carbocycles. The van der Waals surface area contributed by atoms with Gasteiger partial charge in [-0.15, -0.1) is 11.3 Å². The molecule has 122 valence electrons. The minimum Gasteiger partial charge on any atom is -0.486 e. The number of para-hydroxylation sites is 2. The van der Waals surface area contributed by atoms with Gasteiger partial charge in [0.15, 0.2) is 0 Å². The molecule has 0 N–H and O–H groups in total. The lowest BCUT2D eigenvalue weighted by atomic mass is 10.3. The molecule has 0 unspecified atom stereocenters. The van der Waals surface area contributed by atoms with Gasteiger partial charge in [-0.1, -0.05) is 36.4 Å². The van der Waals surface area contributed by atoms with Crippen molar-refractivity contribution in [3.8, 4) is 5.75 Å². The van der Waals surface area contributed by atoms with Gasteiger partial charge in [-0.3, -0.25) is 4.79 Å². The molecule has 0 spiro atoms. The maximum Gasteiger partial charge on any atom is 0.270 e. The van der Waals surface area contributed by atoms with Crippen LogP contribution in [0.4, 0.5) is 5.69 Å². The van der Waals surface area contributed by atoms with Gasteiger partial charge in [0.25, 0.3) is 5.91 Å². The molecule has 24 heavy (non-hydrogen) atoms. The van der Waals surface area contributed by atoms with Crippen LogP contribution in [0, 0.1) is 6.92 Å². The number of aromatic nitrogens is 1. The third-order valence-electron chi connectivity index (χ3n) is 3.59. The molecule has 0 aliphatic rings. The van der Waals surface area contributed by atoms with E-state index in [0.29, 0.717) is 11.5 Å². The zero-order valence-corrected chi connectivity index (χ0v) is 14.4. The van der Waals surface area contributed by atoms with E-state index in [-0.39, 0.29) is 5.91 Å². The first-order chi connectivity index (χ1) is 11.6. The smallest absolute Gasteiger partial charge is 0.270 e. The topological polar surface area (TPSA) is 42.4 Å². The van der Waals surface area contributed by atoms with Gasteiger partial charge in [-0.25, -0.2) is 4.98 Å². The summed E-state index contributed by atoms with van der Waals surface area (Å²) in [5.41, 5.74) is 1.59. The molecular formula is C19H18N2O2S. The second-order valence-electron chi connectivity index (χ2n) is 5.32. The number of anilines is 1. The van der Waals surface area contributed by atoms with Gasteiger partial charge in [-0.2, -0.15) is 0 Å². The van der Waals surface area contributed by atoms with Gasteiger partial charge in [0.2, 0.25) is 0 Å². The predicted molar refractivity (Wildman–Crippen MR) is 96.8 cm³/mol. The summed E-state index contributed by atoms with van der Waals surface area (Å²) < 4.78 is 5.71. The highest BCUT2D eigenvalue weighted by Crippen LogP contribution is 2.23. The van der Waals surface area contributed by atoms with Gasteiger partial charge in [0.05, 0.1) is 5.69 Å². The average molecular weight is 338 g/mol. The number of hydrogen-bond donors (Lipinski definition) is 0. The van der Waals surface area contributed by atoms with E-state index in [4.69, 9.17) is 4.74 Å². The number of amides is 1. The summed E-state index contributed by atoms with van der Waals surface area (Å²) in [6.45, 7) is 2.21. The molecule has 0 saturated heterocycles. The molecular weight excluding hydrogens is 320 g/mol. The number of nitrogens with zero attached hydrogens (tertiary/aromatic N) is 2. The first-order valence-corrected chi connectivity index (χ1v) is 8.44. The Morgan fingerprint density at radius 2 is 1.71 bits per heavy atom. The van der Waals surface area contributed by atoms with Gasteiger partial charge in [0.1, 0.15) is 22.2 Å². The number of benzene rings is 2. The second-order valence-corrected chi connectivity index (χ2v) is 6.41. The Bertz CT molecular complexity index is 816. The lowest BCUT2D eigenvalue weighted by Crippen LogP contribution is -2.25. The van der Waals surface area contributed by atoms with Crippen molar-refractivity contribution in [2.75, 3.05) is 11.9 Å². The van der Waals surface area contributed by atoms with Crippen molar-refractivity contribution in [1.82, 2.24) is 4.98 Å². The Morgan fingerprint density at radius 1 is 1.08 bits per heavy atom. The number of rotatable bonds is 5. The Labute approximate surface area is 145 Å². The normalized spacial score (nSPS) is 10.4. The maximum absolute atomic E-state index is 12.7. The number of carbonyl (C=O) groups excluding carboxylic acids is 1. The molecule has 1 heterocycles. The average Bonchev–Trinajstić information content (AvgIpc) is 3.01. The SMILES string of the molecule is Cc1nc(COc2ccccc2)sc1C(=O)N(C)c1ccccc1. The molecule has 1 amide bonds. The number of hydrogen-bond acceptors (Lipinski definition) is 4. The summed E-state index contributed by atoms with van der Waals surface area (Å²) in [6.07, 6.45) is 0. The Hall–Kier alpha value is -2.66. The minimum atomic E-state index is -0.0536. The first kappa shape index (κ1) is 16.2. The quantitative estimate of drug-likeness (QED) is 0.696. The van der Waals surface area contributed by atoms with Crippen LogP contribution in [0.25, 0.3) is 0 Å². The van der Waals surface area contributed by atoms with Crippen LogP contribution < -0.4 is 9.64 Å². The molecule has 0 aliphatic carbocycles. The van der Waals surface area contributed by atoms with Crippen LogP contribution >= 0.6 is 11.3 Å². The molecule has 4 nitrogen and oxygen atoms in total. The molecule has 0 saturated carbocycles. The predicted octanol–water partition coefficient (Wildman–Crippen LogP) is 4.31. The van der Waals surface area contributed by atoms with E-state index in [9.17, 15) is 4.79 Å². The van der Waals surface area contributed by atoms with E-state index in [1.165, 1.54) is 11.3 Å². The van der Waals surface area contributed by atoms with E-state index in [1.807, 2.05) is 67.6 Å². The van der Waals surface area contributed by atoms with E-state index in [2.05, 4.69) is 4.98 Å². The lowest BCUT2D eigenvalue weighted by Gasteiger charge is -2.16. The Kier molecular flexibility index (Phi) is 4.91. The zero-order chi connectivity index (χ0) is 16.9. The van der Waals surface area contributed by atoms with E-state index >= 15 is 0 Å². The third kappa shape index (κ3) is 3.63. The van der Waals surface area contributed by atoms with Crippen molar-refractivity contribution in [2.45, 2.75) is 13.5 Å². The van der Waals surface area contributed by atoms with Crippen LogP contribution in [0.3, 0.4) is 0 Å². The van der Waals surface area contributed by atoms with Crippen LogP contribution in [0.15, 0.2) is 60.7 Å². The number of carbonyl (C=O) groups is 1. The maximum atomic E-state index is 12.7. The van der Waals surface area contributed by atoms with Crippen LogP contribution in [-0.4, -0.2) is 17.9 Å². The lowest BCUT2D eigenvalue weighted by molar-refractivity contribution is 0.0996. The number of thiazole rings is 1. The number of ether oxygens (including phenoxy) is 1. The molecule has 0 bridgehead atoms. The van der Waals surface area contributed by atoms with Crippen LogP contribution in [0.5, 0.6) is 5.75 Å². The fraction of sp³-hybridized carbons (Fsp3) is 0.158. The molecule has 5 heteroatoms. The molecule has 3 aromatic rings. The summed E-state index contributed by atoms with van der Waals surface area (Å²) in [4.78, 5) is 19.5. The first-order valence-electron chi connectivity index (χ1n) is 7.62. The van der Waals surface area contributed by atoms with Crippen LogP contribution in [-0.2, 0) is 6.61 Å². The molecule has 3 rings (SSSR count). The fourth-order valence-corrected chi connectivity index (χ4v) is 3.25. The standard InChI is InChI=1S/C19H18N2O2S/c1-14-18(19(22)21(2)15-9-5-3-6-10-15)24-17(20-14)13-23-16-11-7-4-8-12-16/h3-12H,13H2,1-2H3. The van der Waals surface area contributed by atoms with Crippen molar-refractivity contribution >= 4 is 22.9 Å². The highest BCUT2D eigenvalue weighted by Gasteiger charge is 2.20. The molecule has 0 aliphatic heterocycles. The molecule has 1 aromatic heterocycles. The Morgan fingerprint density at radius 3 is 2.38 bits per heavy atom. The Balaban J connectivity index is 1.72. The van der Waals surface area contributed by atoms with Crippen molar-refractivity contribution in [2.24, 2.45) is 0 Å². The summed E-state index contributed by atoms with van der Waals surface area (Å²) in [7, 11) is 1.77. The second kappa shape index (κ2) is 7.27. The number of aryl methyl sites for hydroxylation is 1.